The van der Waals surface area contributed by atoms with E-state index in [1.807, 2.05) is 34.6 Å². The highest BCUT2D eigenvalue weighted by molar-refractivity contribution is 9.10. The summed E-state index contributed by atoms with van der Waals surface area (Å²) in [5, 5.41) is 2.96. The fourth-order valence-electron chi connectivity index (χ4n) is 4.07. The summed E-state index contributed by atoms with van der Waals surface area (Å²) in [6.07, 6.45) is 2.93. The Labute approximate surface area is 185 Å². The number of rotatable bonds is 3. The van der Waals surface area contributed by atoms with Crippen molar-refractivity contribution >= 4 is 28.0 Å². The van der Waals surface area contributed by atoms with Gasteiger partial charge in [-0.15, -0.1) is 0 Å². The lowest BCUT2D eigenvalue weighted by molar-refractivity contribution is -0.121. The van der Waals surface area contributed by atoms with E-state index < -0.39 is 17.4 Å². The summed E-state index contributed by atoms with van der Waals surface area (Å²) in [5.74, 6) is 0.0793. The quantitative estimate of drug-likeness (QED) is 0.600. The van der Waals surface area contributed by atoms with Gasteiger partial charge in [-0.05, 0) is 75.4 Å². The molecule has 0 aromatic heterocycles. The van der Waals surface area contributed by atoms with Crippen molar-refractivity contribution in [3.05, 3.63) is 21.7 Å². The lowest BCUT2D eigenvalue weighted by Crippen LogP contribution is -2.48. The number of carbonyl (C=O) groups is 2. The fraction of sp³-hybridized carbons (Fsp3) is 0.636. The molecule has 8 heteroatoms. The van der Waals surface area contributed by atoms with Gasteiger partial charge in [0.25, 0.3) is 5.79 Å². The molecule has 2 aliphatic rings. The first-order valence-corrected chi connectivity index (χ1v) is 11.0. The average molecular weight is 484 g/mol. The molecule has 1 aromatic rings. The van der Waals surface area contributed by atoms with Gasteiger partial charge in [-0.2, -0.15) is 0 Å². The Morgan fingerprint density at radius 2 is 1.77 bits per heavy atom. The molecule has 1 saturated carbocycles. The molecule has 0 unspecified atom stereocenters. The van der Waals surface area contributed by atoms with Crippen molar-refractivity contribution in [3.63, 3.8) is 0 Å². The van der Waals surface area contributed by atoms with Gasteiger partial charge in [0.2, 0.25) is 0 Å². The maximum atomic E-state index is 12.1. The third-order valence-electron chi connectivity index (χ3n) is 5.64. The van der Waals surface area contributed by atoms with Gasteiger partial charge < -0.3 is 24.3 Å². The molecule has 7 nitrogen and oxygen atoms in total. The van der Waals surface area contributed by atoms with E-state index in [0.29, 0.717) is 27.1 Å². The van der Waals surface area contributed by atoms with Crippen LogP contribution < -0.4 is 14.8 Å². The second kappa shape index (κ2) is 8.29. The second-order valence-corrected chi connectivity index (χ2v) is 9.95. The second-order valence-electron chi connectivity index (χ2n) is 9.10. The number of ether oxygens (including phenoxy) is 4. The number of alkyl carbamates (subject to hydrolysis) is 1. The zero-order chi connectivity index (χ0) is 22.3. The first-order chi connectivity index (χ1) is 13.9. The predicted octanol–water partition coefficient (Wildman–Crippen LogP) is 5.12. The summed E-state index contributed by atoms with van der Waals surface area (Å²) in [5.41, 5.74) is 0.630. The zero-order valence-corrected chi connectivity index (χ0v) is 20.0. The number of methoxy groups -OCH3 is 1. The summed E-state index contributed by atoms with van der Waals surface area (Å²) in [7, 11) is 1.36. The molecule has 3 rings (SSSR count). The molecule has 1 fully saturated rings. The Hall–Kier alpha value is -1.96. The zero-order valence-electron chi connectivity index (χ0n) is 18.4. The topological polar surface area (TPSA) is 83.1 Å². The first kappa shape index (κ1) is 22.7. The van der Waals surface area contributed by atoms with E-state index in [1.165, 1.54) is 7.11 Å². The molecule has 30 heavy (non-hydrogen) atoms. The lowest BCUT2D eigenvalue weighted by Gasteiger charge is -2.37. The van der Waals surface area contributed by atoms with E-state index >= 15 is 0 Å². The van der Waals surface area contributed by atoms with Gasteiger partial charge in [0.05, 0.1) is 17.1 Å². The van der Waals surface area contributed by atoms with Crippen molar-refractivity contribution in [3.8, 4) is 11.5 Å². The van der Waals surface area contributed by atoms with Crippen LogP contribution in [0.3, 0.4) is 0 Å². The van der Waals surface area contributed by atoms with E-state index in [1.54, 1.807) is 6.07 Å². The normalized spacial score (nSPS) is 25.6. The highest BCUT2D eigenvalue weighted by atomic mass is 79.9. The largest absolute Gasteiger partial charge is 0.465 e. The van der Waals surface area contributed by atoms with Gasteiger partial charge in [0, 0.05) is 24.4 Å². The fourth-order valence-corrected chi connectivity index (χ4v) is 4.56. The van der Waals surface area contributed by atoms with Crippen LogP contribution in [-0.2, 0) is 9.47 Å². The van der Waals surface area contributed by atoms with Gasteiger partial charge in [0.1, 0.15) is 5.60 Å². The van der Waals surface area contributed by atoms with Crippen molar-refractivity contribution in [2.24, 2.45) is 5.92 Å². The summed E-state index contributed by atoms with van der Waals surface area (Å²) in [6, 6.07) is 1.78. The molecule has 1 aromatic carbocycles. The van der Waals surface area contributed by atoms with Gasteiger partial charge in [-0.1, -0.05) is 0 Å². The molecule has 1 N–H and O–H groups in total. The van der Waals surface area contributed by atoms with E-state index in [2.05, 4.69) is 21.2 Å². The number of hydrogen-bond donors (Lipinski definition) is 1. The lowest BCUT2D eigenvalue weighted by atomic mass is 9.81. The van der Waals surface area contributed by atoms with E-state index in [4.69, 9.17) is 18.9 Å². The Balaban J connectivity index is 1.67. The molecule has 166 valence electrons. The van der Waals surface area contributed by atoms with Crippen LogP contribution in [-0.4, -0.2) is 36.6 Å². The molecule has 1 aliphatic heterocycles. The Morgan fingerprint density at radius 3 is 2.33 bits per heavy atom. The number of fused-ring (bicyclic) bond motifs is 1. The standard InChI is InChI=1S/C22H30BrNO6/c1-12-15(19(25)27-6)11-16(23)18-17(12)28-22(5,29-18)13-7-9-14(10-8-13)24-20(26)30-21(2,3)4/h11,13-14H,7-10H2,1-6H3,(H,24,26)/t13?,14?,22-/m1/s1. The third-order valence-corrected chi connectivity index (χ3v) is 6.23. The number of esters is 1. The minimum absolute atomic E-state index is 0.0721. The number of hydrogen-bond acceptors (Lipinski definition) is 6. The van der Waals surface area contributed by atoms with Gasteiger partial charge in [-0.3, -0.25) is 0 Å². The third kappa shape index (κ3) is 4.68. The highest BCUT2D eigenvalue weighted by Gasteiger charge is 2.47. The smallest absolute Gasteiger partial charge is 0.407 e. The maximum Gasteiger partial charge on any atom is 0.407 e. The molecule has 1 heterocycles. The Morgan fingerprint density at radius 1 is 1.17 bits per heavy atom. The summed E-state index contributed by atoms with van der Waals surface area (Å²) in [6.45, 7) is 9.31. The van der Waals surface area contributed by atoms with Crippen molar-refractivity contribution in [2.75, 3.05) is 7.11 Å². The Bertz CT molecular complexity index is 841. The SMILES string of the molecule is COC(=O)c1cc(Br)c2c(c1C)O[C@@](C)(C1CCC(NC(=O)OC(C)(C)C)CC1)O2. The molecule has 0 bridgehead atoms. The highest BCUT2D eigenvalue weighted by Crippen LogP contribution is 2.51. The van der Waals surface area contributed by atoms with Crippen LogP contribution >= 0.6 is 15.9 Å². The van der Waals surface area contributed by atoms with Crippen molar-refractivity contribution in [1.82, 2.24) is 5.32 Å². The number of nitrogens with one attached hydrogen (secondary N) is 1. The number of halogens is 1. The van der Waals surface area contributed by atoms with Crippen molar-refractivity contribution < 1.29 is 28.5 Å². The predicted molar refractivity (Wildman–Crippen MR) is 115 cm³/mol. The maximum absolute atomic E-state index is 12.1. The molecule has 0 spiro atoms. The van der Waals surface area contributed by atoms with Gasteiger partial charge in [-0.25, -0.2) is 9.59 Å². The molecular weight excluding hydrogens is 454 g/mol. The number of benzene rings is 1. The first-order valence-electron chi connectivity index (χ1n) is 10.2. The molecule has 1 aliphatic carbocycles. The van der Waals surface area contributed by atoms with Crippen LogP contribution in [0.1, 0.15) is 69.3 Å². The summed E-state index contributed by atoms with van der Waals surface area (Å²) >= 11 is 3.49. The summed E-state index contributed by atoms with van der Waals surface area (Å²) < 4.78 is 23.4. The minimum Gasteiger partial charge on any atom is -0.465 e. The van der Waals surface area contributed by atoms with Crippen LogP contribution in [0.25, 0.3) is 0 Å². The van der Waals surface area contributed by atoms with Crippen molar-refractivity contribution in [2.45, 2.75) is 77.7 Å². The molecule has 1 amide bonds. The van der Waals surface area contributed by atoms with Crippen LogP contribution in [0, 0.1) is 12.8 Å². The summed E-state index contributed by atoms with van der Waals surface area (Å²) in [4.78, 5) is 24.1. The van der Waals surface area contributed by atoms with Crippen LogP contribution in [0.5, 0.6) is 11.5 Å². The molecule has 0 radical (unpaired) electrons. The monoisotopic (exact) mass is 483 g/mol. The number of amides is 1. The van der Waals surface area contributed by atoms with E-state index in [9.17, 15) is 9.59 Å². The molecule has 0 saturated heterocycles. The molecule has 1 atom stereocenters. The van der Waals surface area contributed by atoms with E-state index in [-0.39, 0.29) is 18.1 Å². The molecular formula is C22H30BrNO6. The van der Waals surface area contributed by atoms with Gasteiger partial charge in [0.15, 0.2) is 11.5 Å². The average Bonchev–Trinajstić information content (AvgIpc) is 3.03. The minimum atomic E-state index is -0.832. The Kier molecular flexibility index (Phi) is 6.28. The van der Waals surface area contributed by atoms with Crippen molar-refractivity contribution in [1.29, 1.82) is 0 Å². The van der Waals surface area contributed by atoms with Gasteiger partial charge >= 0.3 is 12.1 Å². The van der Waals surface area contributed by atoms with E-state index in [0.717, 1.165) is 25.7 Å². The van der Waals surface area contributed by atoms with Crippen LogP contribution in [0.4, 0.5) is 4.79 Å². The van der Waals surface area contributed by atoms with Crippen LogP contribution in [0.15, 0.2) is 10.5 Å². The van der Waals surface area contributed by atoms with Crippen LogP contribution in [0.2, 0.25) is 0 Å². The number of carbonyl (C=O) groups excluding carboxylic acids is 2.